The van der Waals surface area contributed by atoms with E-state index in [-0.39, 0.29) is 6.61 Å². The smallest absolute Gasteiger partial charge is 0.274 e. The second-order valence-electron chi connectivity index (χ2n) is 3.17. The van der Waals surface area contributed by atoms with E-state index < -0.39 is 16.3 Å². The molecule has 0 amide bonds. The predicted molar refractivity (Wildman–Crippen MR) is 46.6 cm³/mol. The zero-order valence-electron chi connectivity index (χ0n) is 7.32. The zero-order valence-corrected chi connectivity index (χ0v) is 8.13. The van der Waals surface area contributed by atoms with Crippen LogP contribution in [0.1, 0.15) is 20.3 Å². The predicted octanol–water partition coefficient (Wildman–Crippen LogP) is -0.813. The summed E-state index contributed by atoms with van der Waals surface area (Å²) in [5, 5.41) is 13.5. The minimum absolute atomic E-state index is 0.228. The fraction of sp³-hybridized carbons (Fsp3) is 1.00. The molecular formula is C6H16N2O3S. The lowest BCUT2D eigenvalue weighted by Gasteiger charge is -2.15. The number of aliphatic hydroxyl groups excluding tert-OH is 1. The Bertz CT molecular complexity index is 213. The molecule has 0 aromatic carbocycles. The quantitative estimate of drug-likeness (QED) is 0.536. The Kier molecular flexibility index (Phi) is 4.69. The molecule has 0 bridgehead atoms. The molecule has 0 aromatic heterocycles. The van der Waals surface area contributed by atoms with E-state index in [1.807, 2.05) is 13.8 Å². The lowest BCUT2D eigenvalue weighted by atomic mass is 10.1. The maximum atomic E-state index is 10.5. The van der Waals surface area contributed by atoms with E-state index in [0.717, 1.165) is 0 Å². The third-order valence-corrected chi connectivity index (χ3v) is 1.97. The number of hydrogen-bond acceptors (Lipinski definition) is 3. The van der Waals surface area contributed by atoms with Gasteiger partial charge in [0, 0.05) is 6.04 Å². The Balaban J connectivity index is 4.01. The second-order valence-corrected chi connectivity index (χ2v) is 4.50. The maximum absolute atomic E-state index is 10.5. The summed E-state index contributed by atoms with van der Waals surface area (Å²) < 4.78 is 23.2. The molecule has 0 heterocycles. The van der Waals surface area contributed by atoms with Crippen LogP contribution in [0.25, 0.3) is 0 Å². The van der Waals surface area contributed by atoms with E-state index in [1.165, 1.54) is 0 Å². The van der Waals surface area contributed by atoms with Gasteiger partial charge in [0.05, 0.1) is 6.61 Å². The van der Waals surface area contributed by atoms with Crippen molar-refractivity contribution in [2.45, 2.75) is 26.3 Å². The molecule has 0 aliphatic heterocycles. The first-order valence-corrected chi connectivity index (χ1v) is 5.30. The molecule has 0 saturated carbocycles. The van der Waals surface area contributed by atoms with Gasteiger partial charge in [-0.3, -0.25) is 0 Å². The minimum atomic E-state index is -3.69. The summed E-state index contributed by atoms with van der Waals surface area (Å²) in [6.07, 6.45) is 0.576. The average Bonchev–Trinajstić information content (AvgIpc) is 1.82. The van der Waals surface area contributed by atoms with Gasteiger partial charge in [0.25, 0.3) is 10.2 Å². The lowest BCUT2D eigenvalue weighted by Crippen LogP contribution is -2.42. The molecule has 1 unspecified atom stereocenters. The Morgan fingerprint density at radius 2 is 2.00 bits per heavy atom. The molecule has 5 nitrogen and oxygen atoms in total. The number of hydrogen-bond donors (Lipinski definition) is 3. The summed E-state index contributed by atoms with van der Waals surface area (Å²) >= 11 is 0. The second kappa shape index (κ2) is 4.76. The van der Waals surface area contributed by atoms with Crippen LogP contribution in [0.15, 0.2) is 0 Å². The molecule has 1 atom stereocenters. The first-order chi connectivity index (χ1) is 5.35. The fourth-order valence-electron chi connectivity index (χ4n) is 0.961. The van der Waals surface area contributed by atoms with Gasteiger partial charge in [-0.2, -0.15) is 13.1 Å². The summed E-state index contributed by atoms with van der Waals surface area (Å²) in [4.78, 5) is 0. The van der Waals surface area contributed by atoms with Crippen molar-refractivity contribution in [1.29, 1.82) is 0 Å². The zero-order chi connectivity index (χ0) is 9.78. The van der Waals surface area contributed by atoms with Crippen molar-refractivity contribution in [3.05, 3.63) is 0 Å². The first-order valence-electron chi connectivity index (χ1n) is 3.76. The van der Waals surface area contributed by atoms with E-state index in [9.17, 15) is 8.42 Å². The summed E-state index contributed by atoms with van der Waals surface area (Å²) in [5.74, 6) is 0.316. The van der Waals surface area contributed by atoms with Crippen LogP contribution in [0.4, 0.5) is 0 Å². The number of nitrogens with two attached hydrogens (primary N) is 1. The third-order valence-electron chi connectivity index (χ3n) is 1.31. The highest BCUT2D eigenvalue weighted by Crippen LogP contribution is 2.04. The highest BCUT2D eigenvalue weighted by Gasteiger charge is 2.14. The molecule has 0 fully saturated rings. The minimum Gasteiger partial charge on any atom is -0.395 e. The number of aliphatic hydroxyl groups is 1. The number of rotatable bonds is 5. The van der Waals surface area contributed by atoms with Gasteiger partial charge < -0.3 is 5.11 Å². The highest BCUT2D eigenvalue weighted by molar-refractivity contribution is 7.87. The van der Waals surface area contributed by atoms with Gasteiger partial charge in [0.15, 0.2) is 0 Å². The molecule has 0 spiro atoms. The Morgan fingerprint density at radius 1 is 1.50 bits per heavy atom. The molecule has 0 radical (unpaired) electrons. The maximum Gasteiger partial charge on any atom is 0.274 e. The van der Waals surface area contributed by atoms with Gasteiger partial charge in [-0.05, 0) is 12.3 Å². The van der Waals surface area contributed by atoms with Crippen molar-refractivity contribution in [3.8, 4) is 0 Å². The molecule has 12 heavy (non-hydrogen) atoms. The van der Waals surface area contributed by atoms with Crippen LogP contribution in [0.3, 0.4) is 0 Å². The van der Waals surface area contributed by atoms with Crippen molar-refractivity contribution in [3.63, 3.8) is 0 Å². The van der Waals surface area contributed by atoms with Crippen molar-refractivity contribution in [2.24, 2.45) is 11.1 Å². The van der Waals surface area contributed by atoms with E-state index in [0.29, 0.717) is 12.3 Å². The summed E-state index contributed by atoms with van der Waals surface area (Å²) in [6.45, 7) is 3.65. The molecule has 6 heteroatoms. The highest BCUT2D eigenvalue weighted by atomic mass is 32.2. The summed E-state index contributed by atoms with van der Waals surface area (Å²) in [7, 11) is -3.69. The summed E-state index contributed by atoms with van der Waals surface area (Å²) in [5.41, 5.74) is 0. The molecular weight excluding hydrogens is 180 g/mol. The van der Waals surface area contributed by atoms with Gasteiger partial charge in [-0.1, -0.05) is 13.8 Å². The molecule has 0 aromatic rings. The van der Waals surface area contributed by atoms with Gasteiger partial charge in [0.1, 0.15) is 0 Å². The Morgan fingerprint density at radius 3 is 2.25 bits per heavy atom. The third kappa shape index (κ3) is 6.53. The Labute approximate surface area is 73.1 Å². The van der Waals surface area contributed by atoms with Crippen LogP contribution in [0.2, 0.25) is 0 Å². The van der Waals surface area contributed by atoms with Crippen molar-refractivity contribution < 1.29 is 13.5 Å². The van der Waals surface area contributed by atoms with Gasteiger partial charge in [-0.15, -0.1) is 0 Å². The van der Waals surface area contributed by atoms with Gasteiger partial charge in [0.2, 0.25) is 0 Å². The van der Waals surface area contributed by atoms with Crippen LogP contribution in [0, 0.1) is 5.92 Å². The van der Waals surface area contributed by atoms with Gasteiger partial charge >= 0.3 is 0 Å². The SMILES string of the molecule is CC(C)CC(CO)NS(N)(=O)=O. The average molecular weight is 196 g/mol. The van der Waals surface area contributed by atoms with Crippen molar-refractivity contribution in [2.75, 3.05) is 6.61 Å². The van der Waals surface area contributed by atoms with Crippen molar-refractivity contribution in [1.82, 2.24) is 4.72 Å². The van der Waals surface area contributed by atoms with E-state index in [4.69, 9.17) is 10.2 Å². The van der Waals surface area contributed by atoms with Crippen LogP contribution in [-0.4, -0.2) is 26.2 Å². The topological polar surface area (TPSA) is 92.4 Å². The largest absolute Gasteiger partial charge is 0.395 e. The molecule has 74 valence electrons. The molecule has 0 aliphatic rings. The standard InChI is InChI=1S/C6H16N2O3S/c1-5(2)3-6(4-9)8-12(7,10)11/h5-6,8-9H,3-4H2,1-2H3,(H2,7,10,11). The van der Waals surface area contributed by atoms with Crippen molar-refractivity contribution >= 4 is 10.2 Å². The summed E-state index contributed by atoms with van der Waals surface area (Å²) in [6, 6.07) is -0.472. The molecule has 4 N–H and O–H groups in total. The first kappa shape index (κ1) is 11.8. The monoisotopic (exact) mass is 196 g/mol. The van der Waals surface area contributed by atoms with E-state index >= 15 is 0 Å². The fourth-order valence-corrected chi connectivity index (χ4v) is 1.60. The number of nitrogens with one attached hydrogen (secondary N) is 1. The van der Waals surface area contributed by atoms with Gasteiger partial charge in [-0.25, -0.2) is 5.14 Å². The van der Waals surface area contributed by atoms with Crippen LogP contribution < -0.4 is 9.86 Å². The Hall–Kier alpha value is -0.170. The molecule has 0 saturated heterocycles. The van der Waals surface area contributed by atoms with E-state index in [1.54, 1.807) is 0 Å². The van der Waals surface area contributed by atoms with Crippen LogP contribution in [0.5, 0.6) is 0 Å². The molecule has 0 rings (SSSR count). The normalized spacial score (nSPS) is 15.1. The molecule has 0 aliphatic carbocycles. The van der Waals surface area contributed by atoms with E-state index in [2.05, 4.69) is 4.72 Å². The van der Waals surface area contributed by atoms with Crippen LogP contribution >= 0.6 is 0 Å². The lowest BCUT2D eigenvalue weighted by molar-refractivity contribution is 0.240. The van der Waals surface area contributed by atoms with Crippen LogP contribution in [-0.2, 0) is 10.2 Å².